The van der Waals surface area contributed by atoms with Crippen LogP contribution in [0.1, 0.15) is 97.6 Å². The van der Waals surface area contributed by atoms with Crippen LogP contribution in [-0.2, 0) is 44.6 Å². The highest BCUT2D eigenvalue weighted by Gasteiger charge is 2.35. The first-order valence-corrected chi connectivity index (χ1v) is 22.4. The number of benzene rings is 4. The summed E-state index contributed by atoms with van der Waals surface area (Å²) in [6.07, 6.45) is -2.21. The van der Waals surface area contributed by atoms with Crippen molar-refractivity contribution in [2.24, 2.45) is 0 Å². The SMILES string of the molecule is CC(C)(C)OC(=O)CC[C@H](NC(=O)[C@H](CC(=O)OC(C)(C)C)NC(=O)[C@H](Cc1ccc2ccccc2c1)NC(=O)c1cc2cc(Cl)ccc2n1C(=O)OC(C)(C)C)C(=O)Nc1cccc(Cl)c1. The molecule has 17 heteroatoms. The average Bonchev–Trinajstić information content (AvgIpc) is 3.59. The summed E-state index contributed by atoms with van der Waals surface area (Å²) in [6, 6.07) is 20.9. The minimum absolute atomic E-state index is 0.123. The summed E-state index contributed by atoms with van der Waals surface area (Å²) in [5, 5.41) is 13.6. The molecule has 0 aliphatic carbocycles. The minimum atomic E-state index is -1.68. The van der Waals surface area contributed by atoms with Crippen LogP contribution in [0.15, 0.2) is 91.0 Å². The fourth-order valence-corrected chi connectivity index (χ4v) is 7.29. The molecule has 356 valence electrons. The maximum absolute atomic E-state index is 14.7. The predicted molar refractivity (Wildman–Crippen MR) is 257 cm³/mol. The Kier molecular flexibility index (Phi) is 16.5. The largest absolute Gasteiger partial charge is 0.460 e. The van der Waals surface area contributed by atoms with E-state index in [1.807, 2.05) is 36.4 Å². The number of aromatic nitrogens is 1. The third-order valence-electron chi connectivity index (χ3n) is 9.65. The van der Waals surface area contributed by atoms with E-state index in [0.29, 0.717) is 32.2 Å². The highest BCUT2D eigenvalue weighted by molar-refractivity contribution is 6.31. The van der Waals surface area contributed by atoms with Gasteiger partial charge in [-0.15, -0.1) is 0 Å². The summed E-state index contributed by atoms with van der Waals surface area (Å²) in [6.45, 7) is 15.0. The first-order chi connectivity index (χ1) is 31.2. The lowest BCUT2D eigenvalue weighted by molar-refractivity contribution is -0.156. The van der Waals surface area contributed by atoms with Crippen LogP contribution in [0.4, 0.5) is 10.5 Å². The number of hydrogen-bond acceptors (Lipinski definition) is 10. The molecule has 4 aromatic carbocycles. The van der Waals surface area contributed by atoms with Gasteiger partial charge >= 0.3 is 18.0 Å². The zero-order valence-electron chi connectivity index (χ0n) is 39.0. The van der Waals surface area contributed by atoms with E-state index in [1.165, 1.54) is 12.1 Å². The van der Waals surface area contributed by atoms with Crippen LogP contribution in [0.5, 0.6) is 0 Å². The smallest absolute Gasteiger partial charge is 0.419 e. The van der Waals surface area contributed by atoms with Crippen LogP contribution in [0.3, 0.4) is 0 Å². The van der Waals surface area contributed by atoms with E-state index in [-0.39, 0.29) is 25.0 Å². The molecular weight excluding hydrogens is 901 g/mol. The van der Waals surface area contributed by atoms with Crippen LogP contribution < -0.4 is 21.3 Å². The Hall–Kier alpha value is -6.45. The molecule has 0 radical (unpaired) electrons. The zero-order chi connectivity index (χ0) is 49.4. The predicted octanol–water partition coefficient (Wildman–Crippen LogP) is 8.69. The maximum Gasteiger partial charge on any atom is 0.419 e. The van der Waals surface area contributed by atoms with Gasteiger partial charge in [-0.25, -0.2) is 9.36 Å². The number of rotatable bonds is 15. The quantitative estimate of drug-likeness (QED) is 0.0581. The van der Waals surface area contributed by atoms with Crippen molar-refractivity contribution in [3.63, 3.8) is 0 Å². The first kappa shape index (κ1) is 51.5. The van der Waals surface area contributed by atoms with Gasteiger partial charge in [-0.05, 0) is 128 Å². The highest BCUT2D eigenvalue weighted by Crippen LogP contribution is 2.26. The van der Waals surface area contributed by atoms with Crippen molar-refractivity contribution in [3.8, 4) is 0 Å². The average molecular weight is 959 g/mol. The number of halogens is 2. The van der Waals surface area contributed by atoms with E-state index in [1.54, 1.807) is 105 Å². The van der Waals surface area contributed by atoms with Gasteiger partial charge in [0.15, 0.2) is 0 Å². The molecule has 1 aromatic heterocycles. The maximum atomic E-state index is 14.7. The number of fused-ring (bicyclic) bond motifs is 2. The van der Waals surface area contributed by atoms with Gasteiger partial charge in [-0.2, -0.15) is 0 Å². The highest BCUT2D eigenvalue weighted by atomic mass is 35.5. The number of esters is 2. The van der Waals surface area contributed by atoms with Gasteiger partial charge < -0.3 is 35.5 Å². The number of nitrogens with one attached hydrogen (secondary N) is 4. The van der Waals surface area contributed by atoms with Crippen LogP contribution in [0.2, 0.25) is 10.0 Å². The Balaban J connectivity index is 1.52. The molecule has 4 amide bonds. The van der Waals surface area contributed by atoms with E-state index in [2.05, 4.69) is 21.3 Å². The number of hydrogen-bond donors (Lipinski definition) is 4. The van der Waals surface area contributed by atoms with Crippen molar-refractivity contribution >= 4 is 92.2 Å². The molecule has 4 N–H and O–H groups in total. The molecule has 67 heavy (non-hydrogen) atoms. The summed E-state index contributed by atoms with van der Waals surface area (Å²) >= 11 is 12.5. The lowest BCUT2D eigenvalue weighted by atomic mass is 10.0. The van der Waals surface area contributed by atoms with Crippen molar-refractivity contribution in [3.05, 3.63) is 112 Å². The molecule has 0 bridgehead atoms. The van der Waals surface area contributed by atoms with E-state index in [4.69, 9.17) is 37.4 Å². The zero-order valence-corrected chi connectivity index (χ0v) is 40.5. The number of ether oxygens (including phenoxy) is 3. The van der Waals surface area contributed by atoms with Crippen molar-refractivity contribution < 1.29 is 47.8 Å². The third kappa shape index (κ3) is 15.6. The second-order valence-corrected chi connectivity index (χ2v) is 19.9. The molecule has 0 aliphatic heterocycles. The van der Waals surface area contributed by atoms with Crippen LogP contribution in [0, 0.1) is 0 Å². The van der Waals surface area contributed by atoms with Crippen LogP contribution >= 0.6 is 23.2 Å². The van der Waals surface area contributed by atoms with Crippen molar-refractivity contribution in [1.82, 2.24) is 20.5 Å². The van der Waals surface area contributed by atoms with Gasteiger partial charge in [-0.3, -0.25) is 28.8 Å². The fourth-order valence-electron chi connectivity index (χ4n) is 6.92. The van der Waals surface area contributed by atoms with Gasteiger partial charge in [0, 0.05) is 34.0 Å². The number of nitrogens with zero attached hydrogens (tertiary/aromatic N) is 1. The summed E-state index contributed by atoms with van der Waals surface area (Å²) in [5.41, 5.74) is -1.71. The van der Waals surface area contributed by atoms with Gasteiger partial charge in [0.05, 0.1) is 11.9 Å². The summed E-state index contributed by atoms with van der Waals surface area (Å²) in [5.74, 6) is -4.97. The number of amides is 4. The monoisotopic (exact) mass is 957 g/mol. The molecule has 5 rings (SSSR count). The number of carbonyl (C=O) groups is 7. The Morgan fingerprint density at radius 3 is 1.84 bits per heavy atom. The molecule has 0 fully saturated rings. The van der Waals surface area contributed by atoms with Crippen molar-refractivity contribution in [2.75, 3.05) is 5.32 Å². The third-order valence-corrected chi connectivity index (χ3v) is 10.1. The Bertz CT molecular complexity index is 2680. The van der Waals surface area contributed by atoms with Gasteiger partial charge in [0.1, 0.15) is 40.6 Å². The molecule has 0 aliphatic rings. The Morgan fingerprint density at radius 1 is 0.567 bits per heavy atom. The van der Waals surface area contributed by atoms with E-state index in [0.717, 1.165) is 15.3 Å². The van der Waals surface area contributed by atoms with E-state index >= 15 is 0 Å². The summed E-state index contributed by atoms with van der Waals surface area (Å²) < 4.78 is 17.7. The first-order valence-electron chi connectivity index (χ1n) is 21.7. The minimum Gasteiger partial charge on any atom is -0.460 e. The van der Waals surface area contributed by atoms with E-state index < -0.39 is 83.0 Å². The standard InChI is InChI=1S/C50H57Cl2N5O10/c1-48(2,3)65-41(58)22-20-36(43(60)53-35-16-12-15-33(51)27-35)54-45(62)38(28-42(59)66-49(4,5)6)55-44(61)37(24-29-17-18-30-13-10-11-14-31(30)23-29)56-46(63)40-26-32-25-34(52)19-21-39(32)57(40)47(64)67-50(7,8)9/h10-19,21,23,25-27,36-38H,20,22,24,28H2,1-9H3,(H,53,60)(H,54,62)(H,55,61)(H,56,63)/t36-,37-,38-/m0/s1. The van der Waals surface area contributed by atoms with E-state index in [9.17, 15) is 33.6 Å². The molecule has 0 spiro atoms. The lowest BCUT2D eigenvalue weighted by Gasteiger charge is -2.27. The van der Waals surface area contributed by atoms with Gasteiger partial charge in [0.25, 0.3) is 5.91 Å². The molecule has 5 aromatic rings. The molecular formula is C50H57Cl2N5O10. The van der Waals surface area contributed by atoms with Crippen LogP contribution in [-0.4, -0.2) is 81.2 Å². The lowest BCUT2D eigenvalue weighted by Crippen LogP contribution is -2.57. The van der Waals surface area contributed by atoms with Gasteiger partial charge in [-0.1, -0.05) is 71.7 Å². The van der Waals surface area contributed by atoms with Crippen molar-refractivity contribution in [1.29, 1.82) is 0 Å². The second kappa shape index (κ2) is 21.5. The Labute approximate surface area is 399 Å². The molecule has 1 heterocycles. The van der Waals surface area contributed by atoms with Gasteiger partial charge in [0.2, 0.25) is 17.7 Å². The topological polar surface area (TPSA) is 200 Å². The molecule has 3 atom stereocenters. The molecule has 15 nitrogen and oxygen atoms in total. The van der Waals surface area contributed by atoms with Crippen molar-refractivity contribution in [2.45, 2.75) is 123 Å². The number of anilines is 1. The molecule has 0 saturated heterocycles. The fraction of sp³-hybridized carbons (Fsp3) is 0.380. The summed E-state index contributed by atoms with van der Waals surface area (Å²) in [4.78, 5) is 97.3. The Morgan fingerprint density at radius 2 is 1.18 bits per heavy atom. The normalized spacial score (nSPS) is 13.2. The second-order valence-electron chi connectivity index (χ2n) is 19.0. The van der Waals surface area contributed by atoms with Crippen LogP contribution in [0.25, 0.3) is 21.7 Å². The molecule has 0 unspecified atom stereocenters. The number of carbonyl (C=O) groups excluding carboxylic acids is 7. The molecule has 0 saturated carbocycles. The summed E-state index contributed by atoms with van der Waals surface area (Å²) in [7, 11) is 0.